The van der Waals surface area contributed by atoms with Crippen LogP contribution < -0.4 is 14.2 Å². The van der Waals surface area contributed by atoms with Crippen molar-refractivity contribution in [2.45, 2.75) is 13.5 Å². The van der Waals surface area contributed by atoms with Gasteiger partial charge in [0.05, 0.1) is 14.2 Å². The minimum Gasteiger partial charge on any atom is -0.497 e. The highest BCUT2D eigenvalue weighted by Gasteiger charge is 2.06. The second-order valence-electron chi connectivity index (χ2n) is 6.60. The minimum atomic E-state index is -0.0273. The first-order chi connectivity index (χ1) is 14.1. The number of carbonyl (C=O) groups is 1. The number of methoxy groups -OCH3 is 2. The van der Waals surface area contributed by atoms with Crippen molar-refractivity contribution in [3.8, 4) is 17.2 Å². The van der Waals surface area contributed by atoms with Gasteiger partial charge in [-0.15, -0.1) is 0 Å². The lowest BCUT2D eigenvalue weighted by Gasteiger charge is -2.11. The molecule has 0 N–H and O–H groups in total. The molecule has 0 unspecified atom stereocenters. The first kappa shape index (κ1) is 20.2. The fraction of sp³-hybridized carbons (Fsp3) is 0.160. The second-order valence-corrected chi connectivity index (χ2v) is 6.60. The highest BCUT2D eigenvalue weighted by atomic mass is 16.5. The predicted octanol–water partition coefficient (Wildman–Crippen LogP) is 5.49. The quantitative estimate of drug-likeness (QED) is 0.378. The molecule has 0 heterocycles. The van der Waals surface area contributed by atoms with E-state index in [1.165, 1.54) is 0 Å². The lowest BCUT2D eigenvalue weighted by atomic mass is 10.1. The molecule has 0 radical (unpaired) electrons. The minimum absolute atomic E-state index is 0.0273. The summed E-state index contributed by atoms with van der Waals surface area (Å²) in [5.41, 5.74) is 3.54. The third kappa shape index (κ3) is 5.48. The Morgan fingerprint density at radius 3 is 2.34 bits per heavy atom. The Balaban J connectivity index is 1.72. The number of aryl methyl sites for hydroxylation is 1. The van der Waals surface area contributed by atoms with Gasteiger partial charge in [0.2, 0.25) is 0 Å². The molecule has 0 amide bonds. The molecule has 0 bridgehead atoms. The normalized spacial score (nSPS) is 10.7. The number of benzene rings is 3. The maximum absolute atomic E-state index is 12.4. The molecular formula is C25H24O4. The van der Waals surface area contributed by atoms with Gasteiger partial charge in [-0.25, -0.2) is 0 Å². The van der Waals surface area contributed by atoms with Crippen molar-refractivity contribution in [1.82, 2.24) is 0 Å². The number of carbonyl (C=O) groups excluding carboxylic acids is 1. The van der Waals surface area contributed by atoms with Crippen LogP contribution in [0.15, 0.2) is 72.8 Å². The van der Waals surface area contributed by atoms with Crippen molar-refractivity contribution in [2.75, 3.05) is 14.2 Å². The SMILES string of the molecule is COc1ccc(OCc2cc(/C=C/C(=O)c3cccc(C)c3)ccc2OC)cc1. The Kier molecular flexibility index (Phi) is 6.69. The third-order valence-electron chi connectivity index (χ3n) is 4.49. The van der Waals surface area contributed by atoms with Crippen LogP contribution in [0.5, 0.6) is 17.2 Å². The van der Waals surface area contributed by atoms with E-state index in [-0.39, 0.29) is 5.78 Å². The molecule has 0 aliphatic rings. The molecule has 0 saturated heterocycles. The monoisotopic (exact) mass is 388 g/mol. The molecule has 148 valence electrons. The average molecular weight is 388 g/mol. The van der Waals surface area contributed by atoms with E-state index in [1.807, 2.05) is 73.7 Å². The number of hydrogen-bond donors (Lipinski definition) is 0. The lowest BCUT2D eigenvalue weighted by Crippen LogP contribution is -1.99. The fourth-order valence-electron chi connectivity index (χ4n) is 2.91. The van der Waals surface area contributed by atoms with Gasteiger partial charge in [-0.05, 0) is 61.0 Å². The number of hydrogen-bond acceptors (Lipinski definition) is 4. The molecule has 0 spiro atoms. The Morgan fingerprint density at radius 1 is 0.897 bits per heavy atom. The van der Waals surface area contributed by atoms with Crippen molar-refractivity contribution in [1.29, 1.82) is 0 Å². The predicted molar refractivity (Wildman–Crippen MR) is 115 cm³/mol. The van der Waals surface area contributed by atoms with Crippen LogP contribution in [-0.4, -0.2) is 20.0 Å². The number of allylic oxidation sites excluding steroid dienone is 1. The van der Waals surface area contributed by atoms with Gasteiger partial charge < -0.3 is 14.2 Å². The zero-order valence-electron chi connectivity index (χ0n) is 16.8. The molecule has 29 heavy (non-hydrogen) atoms. The van der Waals surface area contributed by atoms with Crippen LogP contribution in [0.4, 0.5) is 0 Å². The largest absolute Gasteiger partial charge is 0.497 e. The van der Waals surface area contributed by atoms with Crippen LogP contribution in [0.25, 0.3) is 6.08 Å². The Hall–Kier alpha value is -3.53. The van der Waals surface area contributed by atoms with E-state index < -0.39 is 0 Å². The summed E-state index contributed by atoms with van der Waals surface area (Å²) < 4.78 is 16.5. The first-order valence-corrected chi connectivity index (χ1v) is 9.32. The summed E-state index contributed by atoms with van der Waals surface area (Å²) in [7, 11) is 3.26. The van der Waals surface area contributed by atoms with Crippen molar-refractivity contribution < 1.29 is 19.0 Å². The van der Waals surface area contributed by atoms with E-state index in [0.717, 1.165) is 33.9 Å². The standard InChI is InChI=1S/C25H24O4/c1-18-5-4-6-20(15-18)24(26)13-7-19-8-14-25(28-3)21(16-19)17-29-23-11-9-22(27-2)10-12-23/h4-16H,17H2,1-3H3/b13-7+. The van der Waals surface area contributed by atoms with Gasteiger partial charge in [0.15, 0.2) is 5.78 Å². The van der Waals surface area contributed by atoms with Gasteiger partial charge in [-0.2, -0.15) is 0 Å². The van der Waals surface area contributed by atoms with Crippen molar-refractivity contribution >= 4 is 11.9 Å². The topological polar surface area (TPSA) is 44.8 Å². The zero-order valence-corrected chi connectivity index (χ0v) is 16.8. The van der Waals surface area contributed by atoms with E-state index in [0.29, 0.717) is 12.2 Å². The van der Waals surface area contributed by atoms with E-state index >= 15 is 0 Å². The lowest BCUT2D eigenvalue weighted by molar-refractivity contribution is 0.104. The maximum Gasteiger partial charge on any atom is 0.185 e. The summed E-state index contributed by atoms with van der Waals surface area (Å²) in [5.74, 6) is 2.23. The summed E-state index contributed by atoms with van der Waals surface area (Å²) in [6.07, 6.45) is 3.39. The van der Waals surface area contributed by atoms with Gasteiger partial charge in [-0.1, -0.05) is 35.9 Å². The summed E-state index contributed by atoms with van der Waals surface area (Å²) in [4.78, 5) is 12.4. The molecule has 0 aromatic heterocycles. The van der Waals surface area contributed by atoms with Crippen LogP contribution >= 0.6 is 0 Å². The van der Waals surface area contributed by atoms with E-state index in [2.05, 4.69) is 0 Å². The molecule has 3 rings (SSSR count). The summed E-state index contributed by atoms with van der Waals surface area (Å²) in [6, 6.07) is 20.7. The highest BCUT2D eigenvalue weighted by Crippen LogP contribution is 2.24. The fourth-order valence-corrected chi connectivity index (χ4v) is 2.91. The molecule has 3 aromatic carbocycles. The third-order valence-corrected chi connectivity index (χ3v) is 4.49. The zero-order chi connectivity index (χ0) is 20.6. The number of ketones is 1. The first-order valence-electron chi connectivity index (χ1n) is 9.32. The van der Waals surface area contributed by atoms with E-state index in [4.69, 9.17) is 14.2 Å². The number of ether oxygens (including phenoxy) is 3. The van der Waals surface area contributed by atoms with Gasteiger partial charge >= 0.3 is 0 Å². The summed E-state index contributed by atoms with van der Waals surface area (Å²) in [6.45, 7) is 2.32. The second kappa shape index (κ2) is 9.60. The molecule has 3 aromatic rings. The van der Waals surface area contributed by atoms with Crippen molar-refractivity contribution in [3.05, 3.63) is 95.1 Å². The van der Waals surface area contributed by atoms with Gasteiger partial charge in [0.1, 0.15) is 23.9 Å². The van der Waals surface area contributed by atoms with Crippen LogP contribution in [-0.2, 0) is 6.61 Å². The van der Waals surface area contributed by atoms with Crippen LogP contribution in [0, 0.1) is 6.92 Å². The van der Waals surface area contributed by atoms with Gasteiger partial charge in [-0.3, -0.25) is 4.79 Å². The van der Waals surface area contributed by atoms with Crippen LogP contribution in [0.2, 0.25) is 0 Å². The number of rotatable bonds is 8. The molecule has 0 atom stereocenters. The highest BCUT2D eigenvalue weighted by molar-refractivity contribution is 6.06. The molecule has 0 aliphatic heterocycles. The Morgan fingerprint density at radius 2 is 1.66 bits per heavy atom. The smallest absolute Gasteiger partial charge is 0.185 e. The van der Waals surface area contributed by atoms with Gasteiger partial charge in [0.25, 0.3) is 0 Å². The van der Waals surface area contributed by atoms with Crippen molar-refractivity contribution in [2.24, 2.45) is 0 Å². The molecular weight excluding hydrogens is 364 g/mol. The van der Waals surface area contributed by atoms with Crippen LogP contribution in [0.3, 0.4) is 0 Å². The average Bonchev–Trinajstić information content (AvgIpc) is 2.76. The van der Waals surface area contributed by atoms with Crippen LogP contribution in [0.1, 0.15) is 27.0 Å². The van der Waals surface area contributed by atoms with Crippen molar-refractivity contribution in [3.63, 3.8) is 0 Å². The Bertz CT molecular complexity index is 1000. The maximum atomic E-state index is 12.4. The molecule has 0 saturated carbocycles. The van der Waals surface area contributed by atoms with E-state index in [1.54, 1.807) is 26.4 Å². The summed E-state index contributed by atoms with van der Waals surface area (Å²) in [5, 5.41) is 0. The molecule has 0 aliphatic carbocycles. The molecule has 0 fully saturated rings. The molecule has 4 heteroatoms. The molecule has 4 nitrogen and oxygen atoms in total. The summed E-state index contributed by atoms with van der Waals surface area (Å²) >= 11 is 0. The van der Waals surface area contributed by atoms with E-state index in [9.17, 15) is 4.79 Å². The van der Waals surface area contributed by atoms with Gasteiger partial charge in [0, 0.05) is 11.1 Å². The Labute approximate surface area is 171 Å².